The molecule has 1 aromatic rings. The molecular weight excluding hydrogens is 352 g/mol. The third-order valence-electron chi connectivity index (χ3n) is 4.59. The van der Waals surface area contributed by atoms with E-state index in [0.717, 1.165) is 12.8 Å². The molecule has 0 bridgehead atoms. The summed E-state index contributed by atoms with van der Waals surface area (Å²) < 4.78 is 32.5. The van der Waals surface area contributed by atoms with Crippen molar-refractivity contribution in [3.05, 3.63) is 28.8 Å². The maximum Gasteiger partial charge on any atom is 0.251 e. The topological polar surface area (TPSA) is 66.9 Å². The number of benzene rings is 1. The summed E-state index contributed by atoms with van der Waals surface area (Å²) in [6.45, 7) is 3.67. The van der Waals surface area contributed by atoms with E-state index in [2.05, 4.69) is 0 Å². The predicted molar refractivity (Wildman–Crippen MR) is 90.5 cm³/mol. The lowest BCUT2D eigenvalue weighted by Crippen LogP contribution is -2.52. The summed E-state index contributed by atoms with van der Waals surface area (Å²) in [4.78, 5) is 14.3. The summed E-state index contributed by atoms with van der Waals surface area (Å²) in [5.41, 5.74) is 0.553. The average Bonchev–Trinajstić information content (AvgIpc) is 3.11. The first-order valence-corrected chi connectivity index (χ1v) is 9.89. The second kappa shape index (κ2) is 7.00. The van der Waals surface area contributed by atoms with Crippen molar-refractivity contribution >= 4 is 27.5 Å². The molecule has 24 heavy (non-hydrogen) atoms. The number of ether oxygens (including phenoxy) is 1. The van der Waals surface area contributed by atoms with Gasteiger partial charge in [-0.15, -0.1) is 0 Å². The van der Waals surface area contributed by atoms with Crippen LogP contribution in [-0.4, -0.2) is 62.4 Å². The maximum absolute atomic E-state index is 12.8. The van der Waals surface area contributed by atoms with Crippen LogP contribution in [0, 0.1) is 6.92 Å². The quantitative estimate of drug-likeness (QED) is 0.809. The number of rotatable bonds is 3. The van der Waals surface area contributed by atoms with E-state index in [1.807, 2.05) is 0 Å². The Morgan fingerprint density at radius 2 is 1.96 bits per heavy atom. The van der Waals surface area contributed by atoms with Gasteiger partial charge in [0.05, 0.1) is 4.90 Å². The summed E-state index contributed by atoms with van der Waals surface area (Å²) in [7, 11) is -3.60. The Morgan fingerprint density at radius 3 is 2.58 bits per heavy atom. The lowest BCUT2D eigenvalue weighted by Gasteiger charge is -2.35. The van der Waals surface area contributed by atoms with E-state index < -0.39 is 10.0 Å². The number of nitrogens with zero attached hydrogens (tertiary/aromatic N) is 2. The van der Waals surface area contributed by atoms with Crippen LogP contribution in [0.5, 0.6) is 0 Å². The van der Waals surface area contributed by atoms with Crippen molar-refractivity contribution in [3.63, 3.8) is 0 Å². The van der Waals surface area contributed by atoms with E-state index >= 15 is 0 Å². The molecule has 2 aliphatic rings. The predicted octanol–water partition coefficient (Wildman–Crippen LogP) is 1.66. The minimum absolute atomic E-state index is 0.0246. The highest BCUT2D eigenvalue weighted by molar-refractivity contribution is 7.89. The molecule has 0 radical (unpaired) electrons. The Bertz CT molecular complexity index is 724. The first-order valence-electron chi connectivity index (χ1n) is 8.07. The number of amides is 1. The number of sulfonamides is 1. The van der Waals surface area contributed by atoms with Gasteiger partial charge in [0.2, 0.25) is 10.0 Å². The number of hydrogen-bond donors (Lipinski definition) is 0. The highest BCUT2D eigenvalue weighted by Gasteiger charge is 2.34. The molecule has 6 nitrogen and oxygen atoms in total. The summed E-state index contributed by atoms with van der Waals surface area (Å²) in [5.74, 6) is -0.0246. The Hall–Kier alpha value is -1.15. The fourth-order valence-electron chi connectivity index (χ4n) is 3.13. The standard InChI is InChI=1S/C16H21ClN2O4S/c1-12-13(17)4-2-6-15(12)24(21,22)19-9-7-18(8-10-19)16(20)14-5-3-11-23-14/h2,4,6,14H,3,5,7-11H2,1H3. The molecule has 3 rings (SSSR count). The van der Waals surface area contributed by atoms with E-state index in [-0.39, 0.29) is 30.0 Å². The highest BCUT2D eigenvalue weighted by Crippen LogP contribution is 2.26. The summed E-state index contributed by atoms with van der Waals surface area (Å²) in [6.07, 6.45) is 1.29. The van der Waals surface area contributed by atoms with Crippen LogP contribution < -0.4 is 0 Å². The molecule has 8 heteroatoms. The zero-order valence-corrected chi connectivity index (χ0v) is 15.1. The molecule has 2 fully saturated rings. The van der Waals surface area contributed by atoms with Crippen LogP contribution in [0.25, 0.3) is 0 Å². The van der Waals surface area contributed by atoms with E-state index in [1.165, 1.54) is 4.31 Å². The van der Waals surface area contributed by atoms with Crippen molar-refractivity contribution in [2.24, 2.45) is 0 Å². The molecule has 2 aliphatic heterocycles. The summed E-state index contributed by atoms with van der Waals surface area (Å²) in [5, 5.41) is 0.434. The maximum atomic E-state index is 12.8. The molecule has 0 aliphatic carbocycles. The molecule has 0 N–H and O–H groups in total. The van der Waals surface area contributed by atoms with Gasteiger partial charge in [-0.1, -0.05) is 17.7 Å². The molecule has 1 atom stereocenters. The first-order chi connectivity index (χ1) is 11.4. The van der Waals surface area contributed by atoms with Gasteiger partial charge in [-0.3, -0.25) is 4.79 Å². The first kappa shape index (κ1) is 17.7. The number of hydrogen-bond acceptors (Lipinski definition) is 4. The van der Waals surface area contributed by atoms with Crippen LogP contribution in [-0.2, 0) is 19.6 Å². The van der Waals surface area contributed by atoms with Crippen molar-refractivity contribution in [1.29, 1.82) is 0 Å². The van der Waals surface area contributed by atoms with E-state index in [0.29, 0.717) is 30.3 Å². The largest absolute Gasteiger partial charge is 0.368 e. The number of carbonyl (C=O) groups is 1. The fourth-order valence-corrected chi connectivity index (χ4v) is 5.03. The van der Waals surface area contributed by atoms with Crippen molar-refractivity contribution < 1.29 is 17.9 Å². The van der Waals surface area contributed by atoms with Crippen molar-refractivity contribution in [3.8, 4) is 0 Å². The Kier molecular flexibility index (Phi) is 5.15. The molecule has 1 amide bonds. The molecular formula is C16H21ClN2O4S. The molecule has 0 spiro atoms. The third kappa shape index (κ3) is 3.31. The van der Waals surface area contributed by atoms with Crippen LogP contribution in [0.4, 0.5) is 0 Å². The Labute approximate surface area is 147 Å². The van der Waals surface area contributed by atoms with Gasteiger partial charge in [0.25, 0.3) is 5.91 Å². The lowest BCUT2D eigenvalue weighted by atomic mass is 10.2. The SMILES string of the molecule is Cc1c(Cl)cccc1S(=O)(=O)N1CCN(C(=O)C2CCCO2)CC1. The van der Waals surface area contributed by atoms with Crippen molar-refractivity contribution in [2.45, 2.75) is 30.8 Å². The van der Waals surface area contributed by atoms with Gasteiger partial charge in [-0.2, -0.15) is 4.31 Å². The molecule has 1 unspecified atom stereocenters. The number of piperazine rings is 1. The van der Waals surface area contributed by atoms with E-state index in [4.69, 9.17) is 16.3 Å². The normalized spacial score (nSPS) is 22.8. The minimum Gasteiger partial charge on any atom is -0.368 e. The minimum atomic E-state index is -3.60. The fraction of sp³-hybridized carbons (Fsp3) is 0.562. The van der Waals surface area contributed by atoms with Crippen molar-refractivity contribution in [1.82, 2.24) is 9.21 Å². The van der Waals surface area contributed by atoms with Gasteiger partial charge in [0.1, 0.15) is 6.10 Å². The number of carbonyl (C=O) groups excluding carboxylic acids is 1. The third-order valence-corrected chi connectivity index (χ3v) is 7.04. The molecule has 132 valence electrons. The zero-order valence-electron chi connectivity index (χ0n) is 13.6. The van der Waals surface area contributed by atoms with Crippen LogP contribution in [0.15, 0.2) is 23.1 Å². The molecule has 1 aromatic carbocycles. The van der Waals surface area contributed by atoms with Crippen molar-refractivity contribution in [2.75, 3.05) is 32.8 Å². The molecule has 2 saturated heterocycles. The second-order valence-electron chi connectivity index (χ2n) is 6.09. The molecule has 0 aromatic heterocycles. The van der Waals surface area contributed by atoms with E-state index in [9.17, 15) is 13.2 Å². The van der Waals surface area contributed by atoms with Gasteiger partial charge in [0, 0.05) is 37.8 Å². The second-order valence-corrected chi connectivity index (χ2v) is 8.41. The molecule has 0 saturated carbocycles. The molecule has 2 heterocycles. The average molecular weight is 373 g/mol. The lowest BCUT2D eigenvalue weighted by molar-refractivity contribution is -0.142. The monoisotopic (exact) mass is 372 g/mol. The highest BCUT2D eigenvalue weighted by atomic mass is 35.5. The van der Waals surface area contributed by atoms with Gasteiger partial charge < -0.3 is 9.64 Å². The van der Waals surface area contributed by atoms with Crippen LogP contribution in [0.3, 0.4) is 0 Å². The van der Waals surface area contributed by atoms with Crippen LogP contribution >= 0.6 is 11.6 Å². The summed E-state index contributed by atoms with van der Waals surface area (Å²) in [6, 6.07) is 4.88. The van der Waals surface area contributed by atoms with Gasteiger partial charge in [0.15, 0.2) is 0 Å². The Morgan fingerprint density at radius 1 is 1.25 bits per heavy atom. The van der Waals surface area contributed by atoms with E-state index in [1.54, 1.807) is 30.0 Å². The zero-order chi connectivity index (χ0) is 17.3. The van der Waals surface area contributed by atoms with Gasteiger partial charge >= 0.3 is 0 Å². The van der Waals surface area contributed by atoms with Gasteiger partial charge in [-0.05, 0) is 37.5 Å². The smallest absolute Gasteiger partial charge is 0.251 e. The van der Waals surface area contributed by atoms with Crippen LogP contribution in [0.1, 0.15) is 18.4 Å². The number of halogens is 1. The summed E-state index contributed by atoms with van der Waals surface area (Å²) >= 11 is 6.05. The van der Waals surface area contributed by atoms with Gasteiger partial charge in [-0.25, -0.2) is 8.42 Å². The van der Waals surface area contributed by atoms with Crippen LogP contribution in [0.2, 0.25) is 5.02 Å². The Balaban J connectivity index is 1.69.